The Kier molecular flexibility index (Phi) is 5.77. The fourth-order valence-electron chi connectivity index (χ4n) is 3.47. The molecule has 0 atom stereocenters. The summed E-state index contributed by atoms with van der Waals surface area (Å²) in [6.07, 6.45) is 3.92. The van der Waals surface area contributed by atoms with Gasteiger partial charge in [-0.1, -0.05) is 18.2 Å². The number of nitrogens with zero attached hydrogens (tertiary/aromatic N) is 3. The number of carbonyl (C=O) groups is 1. The van der Waals surface area contributed by atoms with Crippen molar-refractivity contribution in [2.75, 3.05) is 26.3 Å². The number of ether oxygens (including phenoxy) is 1. The van der Waals surface area contributed by atoms with E-state index in [0.717, 1.165) is 27.7 Å². The molecule has 0 radical (unpaired) electrons. The van der Waals surface area contributed by atoms with Crippen LogP contribution in [0.2, 0.25) is 0 Å². The quantitative estimate of drug-likeness (QED) is 0.410. The van der Waals surface area contributed by atoms with E-state index in [1.54, 1.807) is 0 Å². The highest BCUT2D eigenvalue weighted by atomic mass is 127. The number of morpholine rings is 1. The van der Waals surface area contributed by atoms with Crippen LogP contribution in [0, 0.1) is 10.5 Å². The lowest BCUT2D eigenvalue weighted by Crippen LogP contribution is -2.42. The molecule has 1 aromatic heterocycles. The van der Waals surface area contributed by atoms with E-state index in [2.05, 4.69) is 53.8 Å². The summed E-state index contributed by atoms with van der Waals surface area (Å²) in [5.41, 5.74) is 4.17. The number of hydrogen-bond donors (Lipinski definition) is 0. The number of aromatic nitrogens is 1. The first-order chi connectivity index (χ1) is 13.6. The van der Waals surface area contributed by atoms with Crippen molar-refractivity contribution >= 4 is 51.3 Å². The van der Waals surface area contributed by atoms with E-state index in [-0.39, 0.29) is 5.91 Å². The minimum atomic E-state index is 0.126. The Morgan fingerprint density at radius 1 is 1.21 bits per heavy atom. The summed E-state index contributed by atoms with van der Waals surface area (Å²) < 4.78 is 8.57. The van der Waals surface area contributed by atoms with Gasteiger partial charge in [0.05, 0.1) is 18.9 Å². The zero-order chi connectivity index (χ0) is 19.5. The van der Waals surface area contributed by atoms with Crippen LogP contribution in [0.5, 0.6) is 0 Å². The highest BCUT2D eigenvalue weighted by Crippen LogP contribution is 2.24. The van der Waals surface area contributed by atoms with Crippen molar-refractivity contribution in [2.45, 2.75) is 13.5 Å². The first-order valence-electron chi connectivity index (χ1n) is 9.35. The number of halogens is 1. The average Bonchev–Trinajstić information content (AvgIpc) is 3.06. The van der Waals surface area contributed by atoms with Gasteiger partial charge >= 0.3 is 0 Å². The molecular formula is C22H22IN3O2. The minimum absolute atomic E-state index is 0.126. The molecule has 144 valence electrons. The maximum Gasteiger partial charge on any atom is 0.242 e. The Morgan fingerprint density at radius 2 is 2.00 bits per heavy atom. The van der Waals surface area contributed by atoms with Crippen molar-refractivity contribution < 1.29 is 9.53 Å². The van der Waals surface area contributed by atoms with Crippen LogP contribution in [0.4, 0.5) is 5.69 Å². The molecule has 1 amide bonds. The summed E-state index contributed by atoms with van der Waals surface area (Å²) >= 11 is 2.31. The third-order valence-corrected chi connectivity index (χ3v) is 5.66. The lowest BCUT2D eigenvalue weighted by atomic mass is 10.2. The fourth-order valence-corrected chi connectivity index (χ4v) is 4.12. The molecule has 1 saturated heterocycles. The van der Waals surface area contributed by atoms with Crippen LogP contribution in [0.25, 0.3) is 10.9 Å². The van der Waals surface area contributed by atoms with Gasteiger partial charge in [-0.2, -0.15) is 0 Å². The largest absolute Gasteiger partial charge is 0.378 e. The van der Waals surface area contributed by atoms with Crippen molar-refractivity contribution in [1.82, 2.24) is 9.47 Å². The molecule has 3 aromatic rings. The predicted octanol–water partition coefficient (Wildman–Crippen LogP) is 4.16. The molecule has 6 heteroatoms. The number of rotatable bonds is 4. The molecule has 0 saturated carbocycles. The molecule has 0 N–H and O–H groups in total. The molecule has 4 rings (SSSR count). The summed E-state index contributed by atoms with van der Waals surface area (Å²) in [4.78, 5) is 19.3. The van der Waals surface area contributed by atoms with Crippen LogP contribution >= 0.6 is 22.6 Å². The van der Waals surface area contributed by atoms with Gasteiger partial charge in [0.15, 0.2) is 0 Å². The molecule has 2 aromatic carbocycles. The van der Waals surface area contributed by atoms with Crippen molar-refractivity contribution in [3.05, 3.63) is 63.4 Å². The highest BCUT2D eigenvalue weighted by Gasteiger charge is 2.18. The molecule has 1 fully saturated rings. The van der Waals surface area contributed by atoms with Gasteiger partial charge in [0.2, 0.25) is 5.91 Å². The smallest absolute Gasteiger partial charge is 0.242 e. The molecule has 28 heavy (non-hydrogen) atoms. The van der Waals surface area contributed by atoms with Crippen LogP contribution in [-0.2, 0) is 16.1 Å². The van der Waals surface area contributed by atoms with E-state index < -0.39 is 0 Å². The molecule has 1 aliphatic rings. The Balaban J connectivity index is 1.62. The Hall–Kier alpha value is -2.19. The maximum atomic E-state index is 12.7. The van der Waals surface area contributed by atoms with Gasteiger partial charge in [-0.25, -0.2) is 0 Å². The number of carbonyl (C=O) groups excluding carboxylic acids is 1. The molecule has 5 nitrogen and oxygen atoms in total. The number of benzene rings is 2. The van der Waals surface area contributed by atoms with Gasteiger partial charge in [0.25, 0.3) is 0 Å². The summed E-state index contributed by atoms with van der Waals surface area (Å²) in [6.45, 7) is 4.96. The Morgan fingerprint density at radius 3 is 2.79 bits per heavy atom. The zero-order valence-corrected chi connectivity index (χ0v) is 17.9. The second kappa shape index (κ2) is 8.45. The lowest BCUT2D eigenvalue weighted by Gasteiger charge is -2.27. The third kappa shape index (κ3) is 4.12. The summed E-state index contributed by atoms with van der Waals surface area (Å²) in [5.74, 6) is 0.126. The van der Waals surface area contributed by atoms with E-state index >= 15 is 0 Å². The first-order valence-corrected chi connectivity index (χ1v) is 10.4. The molecule has 0 spiro atoms. The molecule has 0 bridgehead atoms. The standard InChI is InChI=1S/C22H22IN3O2/c1-16-12-18(23)6-7-20(16)24-13-17-14-26(21-5-3-2-4-19(17)21)15-22(27)25-8-10-28-11-9-25/h2-7,12-14H,8-11,15H2,1H3. The van der Waals surface area contributed by atoms with E-state index in [0.29, 0.717) is 32.8 Å². The van der Waals surface area contributed by atoms with Crippen LogP contribution in [0.1, 0.15) is 11.1 Å². The van der Waals surface area contributed by atoms with Crippen molar-refractivity contribution in [3.63, 3.8) is 0 Å². The summed E-state index contributed by atoms with van der Waals surface area (Å²) in [6, 6.07) is 14.4. The zero-order valence-electron chi connectivity index (χ0n) is 15.8. The van der Waals surface area contributed by atoms with Crippen LogP contribution in [0.3, 0.4) is 0 Å². The lowest BCUT2D eigenvalue weighted by molar-refractivity contribution is -0.135. The van der Waals surface area contributed by atoms with Crippen molar-refractivity contribution in [1.29, 1.82) is 0 Å². The van der Waals surface area contributed by atoms with E-state index in [1.807, 2.05) is 40.1 Å². The Bertz CT molecular complexity index is 1040. The summed E-state index contributed by atoms with van der Waals surface area (Å²) in [5, 5.41) is 1.10. The third-order valence-electron chi connectivity index (χ3n) is 4.99. The topological polar surface area (TPSA) is 46.8 Å². The minimum Gasteiger partial charge on any atom is -0.378 e. The highest BCUT2D eigenvalue weighted by molar-refractivity contribution is 14.1. The average molecular weight is 487 g/mol. The van der Waals surface area contributed by atoms with Gasteiger partial charge in [-0.05, 0) is 59.3 Å². The van der Waals surface area contributed by atoms with Gasteiger partial charge < -0.3 is 14.2 Å². The van der Waals surface area contributed by atoms with E-state index in [9.17, 15) is 4.79 Å². The number of hydrogen-bond acceptors (Lipinski definition) is 3. The fraction of sp³-hybridized carbons (Fsp3) is 0.273. The number of amides is 1. The van der Waals surface area contributed by atoms with E-state index in [1.165, 1.54) is 3.57 Å². The monoisotopic (exact) mass is 487 g/mol. The van der Waals surface area contributed by atoms with Crippen LogP contribution in [0.15, 0.2) is 53.7 Å². The number of fused-ring (bicyclic) bond motifs is 1. The second-order valence-electron chi connectivity index (χ2n) is 6.91. The van der Waals surface area contributed by atoms with Crippen molar-refractivity contribution in [2.24, 2.45) is 4.99 Å². The second-order valence-corrected chi connectivity index (χ2v) is 8.16. The number of aryl methyl sites for hydroxylation is 1. The normalized spacial score (nSPS) is 14.9. The van der Waals surface area contributed by atoms with Gasteiger partial charge in [0.1, 0.15) is 6.54 Å². The van der Waals surface area contributed by atoms with E-state index in [4.69, 9.17) is 9.73 Å². The molecular weight excluding hydrogens is 465 g/mol. The number of aliphatic imine (C=N–C) groups is 1. The van der Waals surface area contributed by atoms with Crippen LogP contribution < -0.4 is 0 Å². The maximum absolute atomic E-state index is 12.7. The summed E-state index contributed by atoms with van der Waals surface area (Å²) in [7, 11) is 0. The van der Waals surface area contributed by atoms with Crippen LogP contribution in [-0.4, -0.2) is 47.9 Å². The predicted molar refractivity (Wildman–Crippen MR) is 120 cm³/mol. The number of para-hydroxylation sites is 1. The Labute approximate surface area is 178 Å². The first kappa shape index (κ1) is 19.1. The molecule has 1 aliphatic heterocycles. The van der Waals surface area contributed by atoms with Gasteiger partial charge in [0, 0.05) is 45.5 Å². The molecule has 2 heterocycles. The van der Waals surface area contributed by atoms with Crippen molar-refractivity contribution in [3.8, 4) is 0 Å². The molecule has 0 unspecified atom stereocenters. The molecule has 0 aliphatic carbocycles. The SMILES string of the molecule is Cc1cc(I)ccc1N=Cc1cn(CC(=O)N2CCOCC2)c2ccccc12. The van der Waals surface area contributed by atoms with Gasteiger partial charge in [-0.15, -0.1) is 0 Å². The van der Waals surface area contributed by atoms with Gasteiger partial charge in [-0.3, -0.25) is 9.79 Å².